The highest BCUT2D eigenvalue weighted by atomic mass is 32.1. The lowest BCUT2D eigenvalue weighted by molar-refractivity contribution is 1.34. The number of thiazole rings is 1. The van der Waals surface area contributed by atoms with E-state index in [1.165, 1.54) is 11.3 Å². The van der Waals surface area contributed by atoms with Crippen molar-refractivity contribution >= 4 is 22.3 Å². The standard InChI is InChI=1S/C5H7N3S/c1-4(6)8-5-7-2-3-9-5/h2-3H,1H3,(H2,6,7,8). The molecule has 0 fully saturated rings. The molecule has 1 aromatic rings. The smallest absolute Gasteiger partial charge is 0.210 e. The summed E-state index contributed by atoms with van der Waals surface area (Å²) in [6, 6.07) is 0. The summed E-state index contributed by atoms with van der Waals surface area (Å²) in [6.07, 6.45) is 1.70. The Hall–Kier alpha value is -0.900. The zero-order valence-corrected chi connectivity index (χ0v) is 5.85. The Morgan fingerprint density at radius 2 is 2.67 bits per heavy atom. The molecule has 1 rings (SSSR count). The van der Waals surface area contributed by atoms with Crippen molar-refractivity contribution < 1.29 is 0 Å². The molecule has 48 valence electrons. The third-order valence-corrected chi connectivity index (χ3v) is 1.36. The van der Waals surface area contributed by atoms with Crippen LogP contribution in [0.25, 0.3) is 0 Å². The van der Waals surface area contributed by atoms with Crippen molar-refractivity contribution in [2.24, 2.45) is 10.7 Å². The molecule has 2 N–H and O–H groups in total. The van der Waals surface area contributed by atoms with E-state index in [1.54, 1.807) is 13.1 Å². The van der Waals surface area contributed by atoms with Gasteiger partial charge in [0.15, 0.2) is 0 Å². The van der Waals surface area contributed by atoms with Gasteiger partial charge < -0.3 is 5.73 Å². The van der Waals surface area contributed by atoms with Gasteiger partial charge in [0.1, 0.15) is 0 Å². The maximum absolute atomic E-state index is 5.30. The second-order valence-corrected chi connectivity index (χ2v) is 2.44. The van der Waals surface area contributed by atoms with Crippen LogP contribution >= 0.6 is 11.3 Å². The fourth-order valence-corrected chi connectivity index (χ4v) is 0.984. The summed E-state index contributed by atoms with van der Waals surface area (Å²) in [5.41, 5.74) is 5.30. The van der Waals surface area contributed by atoms with Gasteiger partial charge in [-0.05, 0) is 6.92 Å². The zero-order chi connectivity index (χ0) is 6.69. The predicted octanol–water partition coefficient (Wildman–Crippen LogP) is 1.15. The molecule has 0 bridgehead atoms. The Balaban J connectivity index is 2.80. The van der Waals surface area contributed by atoms with E-state index in [1.807, 2.05) is 5.38 Å². The Morgan fingerprint density at radius 3 is 3.11 bits per heavy atom. The van der Waals surface area contributed by atoms with E-state index >= 15 is 0 Å². The van der Waals surface area contributed by atoms with E-state index in [-0.39, 0.29) is 0 Å². The van der Waals surface area contributed by atoms with Gasteiger partial charge in [-0.3, -0.25) is 0 Å². The molecule has 9 heavy (non-hydrogen) atoms. The topological polar surface area (TPSA) is 51.3 Å². The second-order valence-electron chi connectivity index (χ2n) is 1.57. The van der Waals surface area contributed by atoms with Gasteiger partial charge in [0.25, 0.3) is 0 Å². The summed E-state index contributed by atoms with van der Waals surface area (Å²) in [5, 5.41) is 2.58. The van der Waals surface area contributed by atoms with Crippen molar-refractivity contribution in [3.8, 4) is 0 Å². The first-order valence-corrected chi connectivity index (χ1v) is 3.37. The van der Waals surface area contributed by atoms with Crippen molar-refractivity contribution in [3.05, 3.63) is 11.6 Å². The molecule has 0 atom stereocenters. The lowest BCUT2D eigenvalue weighted by atomic mass is 10.7. The summed E-state index contributed by atoms with van der Waals surface area (Å²) in [7, 11) is 0. The second kappa shape index (κ2) is 2.59. The lowest BCUT2D eigenvalue weighted by Gasteiger charge is -1.83. The highest BCUT2D eigenvalue weighted by molar-refractivity contribution is 7.13. The first-order chi connectivity index (χ1) is 4.29. The lowest BCUT2D eigenvalue weighted by Crippen LogP contribution is -2.03. The van der Waals surface area contributed by atoms with Crippen LogP contribution in [0, 0.1) is 0 Å². The molecule has 0 unspecified atom stereocenters. The molecule has 0 aliphatic carbocycles. The SMILES string of the molecule is CC(N)=Nc1nccs1. The van der Waals surface area contributed by atoms with Gasteiger partial charge in [-0.1, -0.05) is 0 Å². The van der Waals surface area contributed by atoms with Crippen LogP contribution < -0.4 is 5.73 Å². The number of aliphatic imine (C=N–C) groups is 1. The molecular weight excluding hydrogens is 134 g/mol. The van der Waals surface area contributed by atoms with Crippen molar-refractivity contribution in [2.45, 2.75) is 6.92 Å². The Morgan fingerprint density at radius 1 is 1.89 bits per heavy atom. The van der Waals surface area contributed by atoms with Gasteiger partial charge in [0.2, 0.25) is 5.13 Å². The molecule has 0 saturated heterocycles. The molecule has 4 heteroatoms. The third-order valence-electron chi connectivity index (χ3n) is 0.691. The summed E-state index contributed by atoms with van der Waals surface area (Å²) < 4.78 is 0. The fourth-order valence-electron chi connectivity index (χ4n) is 0.422. The van der Waals surface area contributed by atoms with E-state index in [0.717, 1.165) is 5.13 Å². The zero-order valence-electron chi connectivity index (χ0n) is 5.03. The normalized spacial score (nSPS) is 11.9. The van der Waals surface area contributed by atoms with Crippen molar-refractivity contribution in [2.75, 3.05) is 0 Å². The molecule has 0 spiro atoms. The van der Waals surface area contributed by atoms with Crippen LogP contribution in [0.5, 0.6) is 0 Å². The van der Waals surface area contributed by atoms with Crippen LogP contribution in [0.2, 0.25) is 0 Å². The molecule has 0 aliphatic heterocycles. The Bertz CT molecular complexity index is 198. The number of nitrogens with zero attached hydrogens (tertiary/aromatic N) is 2. The largest absolute Gasteiger partial charge is 0.387 e. The number of amidine groups is 1. The van der Waals surface area contributed by atoms with Gasteiger partial charge in [-0.15, -0.1) is 11.3 Å². The van der Waals surface area contributed by atoms with E-state index in [2.05, 4.69) is 9.98 Å². The molecule has 0 radical (unpaired) electrons. The summed E-state index contributed by atoms with van der Waals surface area (Å²) >= 11 is 1.47. The first kappa shape index (κ1) is 6.22. The molecule has 1 aromatic heterocycles. The maximum Gasteiger partial charge on any atom is 0.210 e. The summed E-state index contributed by atoms with van der Waals surface area (Å²) in [4.78, 5) is 7.83. The Kier molecular flexibility index (Phi) is 1.79. The van der Waals surface area contributed by atoms with Gasteiger partial charge >= 0.3 is 0 Å². The van der Waals surface area contributed by atoms with Crippen LogP contribution in [0.15, 0.2) is 16.6 Å². The first-order valence-electron chi connectivity index (χ1n) is 2.49. The Labute approximate surface area is 57.3 Å². The molecule has 3 nitrogen and oxygen atoms in total. The van der Waals surface area contributed by atoms with E-state index in [9.17, 15) is 0 Å². The number of hydrogen-bond donors (Lipinski definition) is 1. The monoisotopic (exact) mass is 141 g/mol. The number of aromatic nitrogens is 1. The van der Waals surface area contributed by atoms with E-state index in [4.69, 9.17) is 5.73 Å². The minimum absolute atomic E-state index is 0.546. The fraction of sp³-hybridized carbons (Fsp3) is 0.200. The average molecular weight is 141 g/mol. The van der Waals surface area contributed by atoms with Gasteiger partial charge in [-0.2, -0.15) is 0 Å². The number of rotatable bonds is 1. The highest BCUT2D eigenvalue weighted by Crippen LogP contribution is 2.13. The molecule has 0 aliphatic rings. The quantitative estimate of drug-likeness (QED) is 0.471. The van der Waals surface area contributed by atoms with Crippen LogP contribution in [-0.4, -0.2) is 10.8 Å². The summed E-state index contributed by atoms with van der Waals surface area (Å²) in [6.45, 7) is 1.74. The molecule has 0 aromatic carbocycles. The van der Waals surface area contributed by atoms with Crippen LogP contribution in [-0.2, 0) is 0 Å². The van der Waals surface area contributed by atoms with Crippen LogP contribution in [0.3, 0.4) is 0 Å². The number of nitrogens with two attached hydrogens (primary N) is 1. The molecule has 0 saturated carbocycles. The van der Waals surface area contributed by atoms with E-state index in [0.29, 0.717) is 5.84 Å². The number of hydrogen-bond acceptors (Lipinski definition) is 3. The molecule has 0 amide bonds. The van der Waals surface area contributed by atoms with E-state index < -0.39 is 0 Å². The van der Waals surface area contributed by atoms with Crippen molar-refractivity contribution in [3.63, 3.8) is 0 Å². The maximum atomic E-state index is 5.30. The predicted molar refractivity (Wildman–Crippen MR) is 39.1 cm³/mol. The third kappa shape index (κ3) is 1.81. The van der Waals surface area contributed by atoms with Gasteiger partial charge in [0.05, 0.1) is 5.84 Å². The summed E-state index contributed by atoms with van der Waals surface area (Å²) in [5.74, 6) is 0.546. The minimum Gasteiger partial charge on any atom is -0.387 e. The van der Waals surface area contributed by atoms with Crippen molar-refractivity contribution in [1.82, 2.24) is 4.98 Å². The molecular formula is C5H7N3S. The minimum atomic E-state index is 0.546. The molecule has 1 heterocycles. The van der Waals surface area contributed by atoms with Crippen molar-refractivity contribution in [1.29, 1.82) is 0 Å². The van der Waals surface area contributed by atoms with Crippen LogP contribution in [0.1, 0.15) is 6.92 Å². The van der Waals surface area contributed by atoms with Crippen LogP contribution in [0.4, 0.5) is 5.13 Å². The average Bonchev–Trinajstić information content (AvgIpc) is 2.15. The van der Waals surface area contributed by atoms with Gasteiger partial charge in [-0.25, -0.2) is 9.98 Å². The van der Waals surface area contributed by atoms with Gasteiger partial charge in [0, 0.05) is 11.6 Å². The highest BCUT2D eigenvalue weighted by Gasteiger charge is 1.87.